The van der Waals surface area contributed by atoms with Crippen molar-refractivity contribution in [3.63, 3.8) is 0 Å². The van der Waals surface area contributed by atoms with Crippen LogP contribution in [0.15, 0.2) is 42.5 Å². The fourth-order valence-corrected chi connectivity index (χ4v) is 3.89. The molecule has 2 heteroatoms. The molecule has 0 spiro atoms. The van der Waals surface area contributed by atoms with Crippen LogP contribution in [0.2, 0.25) is 0 Å². The van der Waals surface area contributed by atoms with Gasteiger partial charge in [-0.15, -0.1) is 0 Å². The predicted octanol–water partition coefficient (Wildman–Crippen LogP) is 3.05. The maximum Gasteiger partial charge on any atom is 0.0320 e. The van der Waals surface area contributed by atoms with E-state index in [9.17, 15) is 0 Å². The molecule has 2 saturated heterocycles. The lowest BCUT2D eigenvalue weighted by atomic mass is 10.0. The van der Waals surface area contributed by atoms with Crippen molar-refractivity contribution in [2.24, 2.45) is 11.8 Å². The molecular weight excluding hydrogens is 244 g/mol. The fraction of sp³-hybridized carbons (Fsp3) is 0.444. The molecule has 1 N–H and O–H groups in total. The highest BCUT2D eigenvalue weighted by Crippen LogP contribution is 2.33. The van der Waals surface area contributed by atoms with Crippen LogP contribution in [0, 0.1) is 11.8 Å². The van der Waals surface area contributed by atoms with E-state index in [2.05, 4.69) is 59.6 Å². The normalized spacial score (nSPS) is 27.9. The summed E-state index contributed by atoms with van der Waals surface area (Å²) in [5.74, 6) is 1.75. The summed E-state index contributed by atoms with van der Waals surface area (Å²) in [7, 11) is 0. The molecule has 0 aliphatic carbocycles. The Morgan fingerprint density at radius 2 is 1.70 bits per heavy atom. The Labute approximate surface area is 120 Å². The quantitative estimate of drug-likeness (QED) is 0.898. The largest absolute Gasteiger partial charge is 0.316 e. The van der Waals surface area contributed by atoms with Gasteiger partial charge in [0.25, 0.3) is 0 Å². The molecule has 4 rings (SSSR count). The van der Waals surface area contributed by atoms with Crippen LogP contribution in [0.3, 0.4) is 0 Å². The zero-order valence-electron chi connectivity index (χ0n) is 12.0. The van der Waals surface area contributed by atoms with Crippen molar-refractivity contribution in [3.8, 4) is 0 Å². The van der Waals surface area contributed by atoms with Gasteiger partial charge in [0.2, 0.25) is 0 Å². The third-order valence-electron chi connectivity index (χ3n) is 5.22. The molecule has 20 heavy (non-hydrogen) atoms. The summed E-state index contributed by atoms with van der Waals surface area (Å²) < 4.78 is 0. The van der Waals surface area contributed by atoms with Crippen LogP contribution in [-0.4, -0.2) is 31.1 Å². The topological polar surface area (TPSA) is 15.3 Å². The first-order chi connectivity index (χ1) is 9.81. The van der Waals surface area contributed by atoms with E-state index in [1.54, 1.807) is 0 Å². The summed E-state index contributed by atoms with van der Waals surface area (Å²) >= 11 is 0. The van der Waals surface area contributed by atoms with Gasteiger partial charge in [0.05, 0.1) is 0 Å². The van der Waals surface area contributed by atoms with Crippen molar-refractivity contribution in [2.75, 3.05) is 26.2 Å². The lowest BCUT2D eigenvalue weighted by Crippen LogP contribution is -2.28. The zero-order valence-corrected chi connectivity index (χ0v) is 12.0. The smallest absolute Gasteiger partial charge is 0.0320 e. The Kier molecular flexibility index (Phi) is 3.01. The van der Waals surface area contributed by atoms with Gasteiger partial charge in [-0.3, -0.25) is 4.90 Å². The second-order valence-corrected chi connectivity index (χ2v) is 6.41. The van der Waals surface area contributed by atoms with Crippen LogP contribution in [0.25, 0.3) is 10.8 Å². The van der Waals surface area contributed by atoms with E-state index in [1.165, 1.54) is 42.5 Å². The number of benzene rings is 2. The maximum absolute atomic E-state index is 3.52. The Hall–Kier alpha value is -1.38. The van der Waals surface area contributed by atoms with E-state index in [4.69, 9.17) is 0 Å². The van der Waals surface area contributed by atoms with Crippen molar-refractivity contribution in [2.45, 2.75) is 13.0 Å². The molecule has 1 unspecified atom stereocenters. The Balaban J connectivity index is 1.59. The minimum atomic E-state index is 0.533. The van der Waals surface area contributed by atoms with Crippen LogP contribution in [0.1, 0.15) is 18.5 Å². The maximum atomic E-state index is 3.52. The van der Waals surface area contributed by atoms with Crippen molar-refractivity contribution < 1.29 is 0 Å². The minimum absolute atomic E-state index is 0.533. The lowest BCUT2D eigenvalue weighted by Gasteiger charge is -2.26. The SMILES string of the molecule is CC(c1ccc2ccccc2c1)N1C[C@H]2CNC[C@H]2C1. The highest BCUT2D eigenvalue weighted by atomic mass is 15.2. The molecule has 2 fully saturated rings. The van der Waals surface area contributed by atoms with Gasteiger partial charge in [-0.1, -0.05) is 36.4 Å². The summed E-state index contributed by atoms with van der Waals surface area (Å²) in [4.78, 5) is 2.67. The summed E-state index contributed by atoms with van der Waals surface area (Å²) in [5.41, 5.74) is 1.46. The third-order valence-corrected chi connectivity index (χ3v) is 5.22. The number of rotatable bonds is 2. The first kappa shape index (κ1) is 12.4. The summed E-state index contributed by atoms with van der Waals surface area (Å²) in [6.45, 7) is 7.30. The second-order valence-electron chi connectivity index (χ2n) is 6.41. The monoisotopic (exact) mass is 266 g/mol. The van der Waals surface area contributed by atoms with Gasteiger partial charge < -0.3 is 5.32 Å². The van der Waals surface area contributed by atoms with E-state index >= 15 is 0 Å². The van der Waals surface area contributed by atoms with E-state index in [1.807, 2.05) is 0 Å². The molecule has 0 radical (unpaired) electrons. The van der Waals surface area contributed by atoms with Gasteiger partial charge in [0.15, 0.2) is 0 Å². The van der Waals surface area contributed by atoms with Crippen LogP contribution in [0.5, 0.6) is 0 Å². The van der Waals surface area contributed by atoms with E-state index < -0.39 is 0 Å². The molecule has 2 aliphatic heterocycles. The molecule has 2 nitrogen and oxygen atoms in total. The van der Waals surface area contributed by atoms with Gasteiger partial charge in [-0.25, -0.2) is 0 Å². The Morgan fingerprint density at radius 3 is 2.45 bits per heavy atom. The van der Waals surface area contributed by atoms with Crippen molar-refractivity contribution >= 4 is 10.8 Å². The van der Waals surface area contributed by atoms with Crippen LogP contribution < -0.4 is 5.32 Å². The highest BCUT2D eigenvalue weighted by Gasteiger charge is 2.37. The number of hydrogen-bond acceptors (Lipinski definition) is 2. The van der Waals surface area contributed by atoms with Crippen LogP contribution >= 0.6 is 0 Å². The molecule has 0 bridgehead atoms. The van der Waals surface area contributed by atoms with Crippen LogP contribution in [-0.2, 0) is 0 Å². The zero-order chi connectivity index (χ0) is 13.5. The van der Waals surface area contributed by atoms with Crippen molar-refractivity contribution in [3.05, 3.63) is 48.0 Å². The molecule has 2 heterocycles. The fourth-order valence-electron chi connectivity index (χ4n) is 3.89. The molecular formula is C18H22N2. The van der Waals surface area contributed by atoms with E-state index in [0.717, 1.165) is 11.8 Å². The third kappa shape index (κ3) is 2.04. The highest BCUT2D eigenvalue weighted by molar-refractivity contribution is 5.83. The van der Waals surface area contributed by atoms with Crippen molar-refractivity contribution in [1.82, 2.24) is 10.2 Å². The molecule has 3 atom stereocenters. The molecule has 2 aliphatic rings. The summed E-state index contributed by atoms with van der Waals surface area (Å²) in [6.07, 6.45) is 0. The molecule has 104 valence electrons. The first-order valence-corrected chi connectivity index (χ1v) is 7.75. The van der Waals surface area contributed by atoms with Crippen LogP contribution in [0.4, 0.5) is 0 Å². The summed E-state index contributed by atoms with van der Waals surface area (Å²) in [5, 5.41) is 6.22. The van der Waals surface area contributed by atoms with Gasteiger partial charge in [-0.05, 0) is 54.3 Å². The van der Waals surface area contributed by atoms with Gasteiger partial charge >= 0.3 is 0 Å². The number of nitrogens with one attached hydrogen (secondary N) is 1. The number of fused-ring (bicyclic) bond motifs is 2. The Bertz CT molecular complexity index is 610. The predicted molar refractivity (Wildman–Crippen MR) is 83.8 cm³/mol. The van der Waals surface area contributed by atoms with E-state index in [0.29, 0.717) is 6.04 Å². The molecule has 2 aromatic carbocycles. The number of nitrogens with zero attached hydrogens (tertiary/aromatic N) is 1. The first-order valence-electron chi connectivity index (χ1n) is 7.75. The molecule has 0 amide bonds. The molecule has 0 saturated carbocycles. The Morgan fingerprint density at radius 1 is 1.00 bits per heavy atom. The average Bonchev–Trinajstić information content (AvgIpc) is 3.07. The second kappa shape index (κ2) is 4.87. The summed E-state index contributed by atoms with van der Waals surface area (Å²) in [6, 6.07) is 16.1. The lowest BCUT2D eigenvalue weighted by molar-refractivity contribution is 0.244. The minimum Gasteiger partial charge on any atom is -0.316 e. The van der Waals surface area contributed by atoms with Gasteiger partial charge in [0.1, 0.15) is 0 Å². The molecule has 2 aromatic rings. The van der Waals surface area contributed by atoms with Crippen molar-refractivity contribution in [1.29, 1.82) is 0 Å². The van der Waals surface area contributed by atoms with Gasteiger partial charge in [-0.2, -0.15) is 0 Å². The number of likely N-dealkylation sites (tertiary alicyclic amines) is 1. The van der Waals surface area contributed by atoms with Gasteiger partial charge in [0, 0.05) is 19.1 Å². The average molecular weight is 266 g/mol. The number of hydrogen-bond donors (Lipinski definition) is 1. The standard InChI is InChI=1S/C18H22N2/c1-13(20-11-17-9-19-10-18(17)12-20)15-7-6-14-4-2-3-5-16(14)8-15/h2-8,13,17-19H,9-12H2,1H3/t13?,17-,18+. The van der Waals surface area contributed by atoms with E-state index in [-0.39, 0.29) is 0 Å². The molecule has 0 aromatic heterocycles.